The highest BCUT2D eigenvalue weighted by atomic mass is 32.2. The van der Waals surface area contributed by atoms with Gasteiger partial charge in [-0.3, -0.25) is 14.6 Å². The second-order valence-electron chi connectivity index (χ2n) is 13.7. The first-order chi connectivity index (χ1) is 26.7. The van der Waals surface area contributed by atoms with Crippen molar-refractivity contribution in [2.45, 2.75) is 35.6 Å². The van der Waals surface area contributed by atoms with E-state index in [-0.39, 0.29) is 12.0 Å². The number of fused-ring (bicyclic) bond motifs is 1. The van der Waals surface area contributed by atoms with Gasteiger partial charge in [-0.25, -0.2) is 13.9 Å². The van der Waals surface area contributed by atoms with Gasteiger partial charge in [0.25, 0.3) is 0 Å². The van der Waals surface area contributed by atoms with Crippen molar-refractivity contribution >= 4 is 41.0 Å². The summed E-state index contributed by atoms with van der Waals surface area (Å²) in [7, 11) is 0. The molecule has 7 rings (SSSR count). The first-order valence-corrected chi connectivity index (χ1v) is 20.1. The number of ether oxygens (including phenoxy) is 2. The number of carbonyl (C=O) groups excluding carboxylic acids is 1. The monoisotopic (exact) mass is 782 g/mol. The highest BCUT2D eigenvalue weighted by Gasteiger charge is 2.26. The first kappa shape index (κ1) is 38.2. The maximum atomic E-state index is 14.4. The zero-order chi connectivity index (χ0) is 38.4. The van der Waals surface area contributed by atoms with Crippen LogP contribution in [0.15, 0.2) is 101 Å². The lowest BCUT2D eigenvalue weighted by atomic mass is 9.92. The Labute approximate surface area is 327 Å². The standard InChI is InChI=1S/C40H43FN8O4S2/c1-40(2,26-54-3)35-23-37(49(46-35)29-11-13-33(50)32(41)22-29)43-39(51)42-24-28-7-4-5-10-34(28)55-31-12-14-36-44-45-38(48(36)25-31)27-8-6-9-30(21-27)53-20-17-47-15-18-52-19-16-47/h4-14,21-23,25,50H,15-20,24,26H2,1-3H3,(H2,42,43,51). The maximum Gasteiger partial charge on any atom is 0.320 e. The SMILES string of the molecule is CSCC(C)(C)c1cc(NC(=O)NCc2ccccc2Sc2ccc3nnc(-c4cccc(OCCN5CCOCC5)c4)n3c2)n(-c2ccc(O)c(F)c2)n1. The van der Waals surface area contributed by atoms with Crippen LogP contribution in [0, 0.1) is 5.82 Å². The zero-order valence-electron chi connectivity index (χ0n) is 30.9. The molecule has 3 aromatic carbocycles. The van der Waals surface area contributed by atoms with Gasteiger partial charge in [0.1, 0.15) is 18.2 Å². The van der Waals surface area contributed by atoms with Gasteiger partial charge in [-0.2, -0.15) is 16.9 Å². The molecule has 6 aromatic rings. The fraction of sp³-hybridized carbons (Fsp3) is 0.300. The van der Waals surface area contributed by atoms with Crippen LogP contribution in [0.5, 0.6) is 11.5 Å². The molecule has 0 atom stereocenters. The molecule has 0 bridgehead atoms. The lowest BCUT2D eigenvalue weighted by Crippen LogP contribution is -2.38. The Kier molecular flexibility index (Phi) is 11.9. The van der Waals surface area contributed by atoms with Gasteiger partial charge >= 0.3 is 6.03 Å². The van der Waals surface area contributed by atoms with Gasteiger partial charge in [0.05, 0.1) is 24.6 Å². The molecule has 3 N–H and O–H groups in total. The van der Waals surface area contributed by atoms with E-state index in [0.29, 0.717) is 23.9 Å². The molecule has 12 nitrogen and oxygen atoms in total. The molecule has 3 aromatic heterocycles. The van der Waals surface area contributed by atoms with Crippen molar-refractivity contribution in [1.29, 1.82) is 0 Å². The molecule has 1 fully saturated rings. The summed E-state index contributed by atoms with van der Waals surface area (Å²) >= 11 is 3.26. The number of phenols is 1. The summed E-state index contributed by atoms with van der Waals surface area (Å²) in [6.45, 7) is 9.17. The minimum Gasteiger partial charge on any atom is -0.505 e. The zero-order valence-corrected chi connectivity index (χ0v) is 32.5. The summed E-state index contributed by atoms with van der Waals surface area (Å²) in [5, 5.41) is 29.3. The number of urea groups is 1. The molecule has 0 aliphatic carbocycles. The fourth-order valence-electron chi connectivity index (χ4n) is 6.24. The van der Waals surface area contributed by atoms with Crippen molar-refractivity contribution in [2.75, 3.05) is 56.8 Å². The Bertz CT molecular complexity index is 2270. The molecule has 15 heteroatoms. The molecule has 0 spiro atoms. The number of anilines is 1. The van der Waals surface area contributed by atoms with Gasteiger partial charge in [-0.05, 0) is 54.3 Å². The van der Waals surface area contributed by atoms with Crippen LogP contribution < -0.4 is 15.4 Å². The van der Waals surface area contributed by atoms with E-state index in [1.807, 2.05) is 77.5 Å². The normalized spacial score (nSPS) is 13.6. The van der Waals surface area contributed by atoms with Gasteiger partial charge in [0.15, 0.2) is 23.0 Å². The number of aromatic hydroxyl groups is 1. The van der Waals surface area contributed by atoms with E-state index in [2.05, 4.69) is 39.6 Å². The highest BCUT2D eigenvalue weighted by Crippen LogP contribution is 2.33. The minimum absolute atomic E-state index is 0.250. The molecule has 286 valence electrons. The lowest BCUT2D eigenvalue weighted by molar-refractivity contribution is 0.0322. The van der Waals surface area contributed by atoms with Gasteiger partial charge in [0, 0.05) is 71.0 Å². The minimum atomic E-state index is -0.781. The van der Waals surface area contributed by atoms with E-state index < -0.39 is 17.6 Å². The van der Waals surface area contributed by atoms with Crippen molar-refractivity contribution in [3.05, 3.63) is 108 Å². The number of halogens is 1. The van der Waals surface area contributed by atoms with Crippen LogP contribution in [0.25, 0.3) is 22.7 Å². The average molecular weight is 783 g/mol. The third kappa shape index (κ3) is 9.24. The summed E-state index contributed by atoms with van der Waals surface area (Å²) < 4.78 is 29.4. The van der Waals surface area contributed by atoms with E-state index >= 15 is 0 Å². The summed E-state index contributed by atoms with van der Waals surface area (Å²) in [6, 6.07) is 25.1. The second-order valence-corrected chi connectivity index (χ2v) is 15.7. The largest absolute Gasteiger partial charge is 0.505 e. The number of phenolic OH excluding ortho intramolecular Hbond substituents is 1. The summed E-state index contributed by atoms with van der Waals surface area (Å²) in [5.41, 5.74) is 3.32. The van der Waals surface area contributed by atoms with E-state index in [9.17, 15) is 14.3 Å². The molecule has 0 radical (unpaired) electrons. The Morgan fingerprint density at radius 2 is 1.85 bits per heavy atom. The molecule has 0 saturated carbocycles. The van der Waals surface area contributed by atoms with Crippen LogP contribution >= 0.6 is 23.5 Å². The van der Waals surface area contributed by atoms with Gasteiger partial charge < -0.3 is 19.9 Å². The number of thioether (sulfide) groups is 1. The summed E-state index contributed by atoms with van der Waals surface area (Å²) in [4.78, 5) is 17.6. The van der Waals surface area contributed by atoms with E-state index in [4.69, 9.17) is 14.6 Å². The van der Waals surface area contributed by atoms with Crippen molar-refractivity contribution in [2.24, 2.45) is 0 Å². The third-order valence-electron chi connectivity index (χ3n) is 9.21. The van der Waals surface area contributed by atoms with Crippen LogP contribution in [-0.4, -0.2) is 91.9 Å². The summed E-state index contributed by atoms with van der Waals surface area (Å²) in [6.07, 6.45) is 4.04. The Hall–Kier alpha value is -5.09. The Morgan fingerprint density at radius 3 is 2.67 bits per heavy atom. The number of rotatable bonds is 14. The number of aromatic nitrogens is 5. The van der Waals surface area contributed by atoms with E-state index in [1.54, 1.807) is 35.7 Å². The maximum absolute atomic E-state index is 14.4. The number of morpholine rings is 1. The number of benzene rings is 3. The van der Waals surface area contributed by atoms with Crippen molar-refractivity contribution in [3.63, 3.8) is 0 Å². The van der Waals surface area contributed by atoms with Crippen molar-refractivity contribution < 1.29 is 23.8 Å². The van der Waals surface area contributed by atoms with Crippen LogP contribution in [0.2, 0.25) is 0 Å². The van der Waals surface area contributed by atoms with E-state index in [1.165, 1.54) is 16.8 Å². The highest BCUT2D eigenvalue weighted by molar-refractivity contribution is 7.99. The molecule has 1 aliphatic rings. The van der Waals surface area contributed by atoms with Crippen LogP contribution in [0.4, 0.5) is 15.0 Å². The molecule has 2 amide bonds. The number of carbonyl (C=O) groups is 1. The number of hydrogen-bond donors (Lipinski definition) is 3. The number of amides is 2. The van der Waals surface area contributed by atoms with Crippen molar-refractivity contribution in [1.82, 2.24) is 34.6 Å². The van der Waals surface area contributed by atoms with Gasteiger partial charge in [0.2, 0.25) is 0 Å². The number of pyridine rings is 1. The van der Waals surface area contributed by atoms with Crippen molar-refractivity contribution in [3.8, 4) is 28.6 Å². The van der Waals surface area contributed by atoms with E-state index in [0.717, 1.165) is 76.6 Å². The second kappa shape index (κ2) is 17.1. The smallest absolute Gasteiger partial charge is 0.320 e. The van der Waals surface area contributed by atoms with Gasteiger partial charge in [-0.15, -0.1) is 10.2 Å². The molecular formula is C40H43FN8O4S2. The number of hydrogen-bond acceptors (Lipinski definition) is 10. The molecular weight excluding hydrogens is 740 g/mol. The molecule has 0 unspecified atom stereocenters. The molecule has 4 heterocycles. The first-order valence-electron chi connectivity index (χ1n) is 17.9. The predicted molar refractivity (Wildman–Crippen MR) is 214 cm³/mol. The number of nitrogens with zero attached hydrogens (tertiary/aromatic N) is 6. The topological polar surface area (TPSA) is 131 Å². The summed E-state index contributed by atoms with van der Waals surface area (Å²) in [5.74, 6) is 1.40. The quantitative estimate of drug-likeness (QED) is 0.104. The predicted octanol–water partition coefficient (Wildman–Crippen LogP) is 7.25. The molecule has 1 saturated heterocycles. The average Bonchev–Trinajstić information content (AvgIpc) is 3.81. The molecule has 1 aliphatic heterocycles. The number of nitrogens with one attached hydrogen (secondary N) is 2. The van der Waals surface area contributed by atoms with Crippen LogP contribution in [0.3, 0.4) is 0 Å². The lowest BCUT2D eigenvalue weighted by Gasteiger charge is -2.26. The fourth-order valence-corrected chi connectivity index (χ4v) is 8.08. The van der Waals surface area contributed by atoms with Gasteiger partial charge in [-0.1, -0.05) is 55.9 Å². The Balaban J connectivity index is 1.04. The van der Waals surface area contributed by atoms with Crippen LogP contribution in [-0.2, 0) is 16.7 Å². The Morgan fingerprint density at radius 1 is 1.02 bits per heavy atom. The third-order valence-corrected chi connectivity index (χ3v) is 11.3. The van der Waals surface area contributed by atoms with Crippen LogP contribution in [0.1, 0.15) is 25.1 Å². The molecule has 55 heavy (non-hydrogen) atoms.